The Labute approximate surface area is 219 Å². The van der Waals surface area contributed by atoms with Crippen LogP contribution in [-0.4, -0.2) is 35.1 Å². The van der Waals surface area contributed by atoms with Crippen molar-refractivity contribution in [1.82, 2.24) is 10.2 Å². The highest BCUT2D eigenvalue weighted by atomic mass is 35.5. The Bertz CT molecular complexity index is 1150. The number of thioether (sulfide) groups is 1. The third-order valence-corrected chi connectivity index (χ3v) is 6.97. The second-order valence-electron chi connectivity index (χ2n) is 7.94. The van der Waals surface area contributed by atoms with Crippen LogP contribution in [0.1, 0.15) is 23.6 Å². The number of hydrogen-bond acceptors (Lipinski definition) is 3. The van der Waals surface area contributed by atoms with Crippen LogP contribution in [0.2, 0.25) is 10.0 Å². The fourth-order valence-electron chi connectivity index (χ4n) is 3.63. The Kier molecular flexibility index (Phi) is 10.5. The van der Waals surface area contributed by atoms with Crippen molar-refractivity contribution in [2.24, 2.45) is 0 Å². The summed E-state index contributed by atoms with van der Waals surface area (Å²) < 4.78 is 14.0. The molecule has 0 spiro atoms. The third kappa shape index (κ3) is 7.99. The predicted octanol–water partition coefficient (Wildman–Crippen LogP) is 6.14. The number of carbonyl (C=O) groups excluding carboxylic acids is 2. The van der Waals surface area contributed by atoms with Gasteiger partial charge in [-0.3, -0.25) is 9.59 Å². The molecule has 2 amide bonds. The smallest absolute Gasteiger partial charge is 0.243 e. The molecule has 0 bridgehead atoms. The lowest BCUT2D eigenvalue weighted by Crippen LogP contribution is -2.51. The van der Waals surface area contributed by atoms with Gasteiger partial charge in [-0.2, -0.15) is 0 Å². The molecule has 35 heavy (non-hydrogen) atoms. The summed E-state index contributed by atoms with van der Waals surface area (Å²) in [5.41, 5.74) is 2.15. The summed E-state index contributed by atoms with van der Waals surface area (Å²) in [5, 5.41) is 3.76. The minimum atomic E-state index is -0.745. The van der Waals surface area contributed by atoms with Gasteiger partial charge in [0.25, 0.3) is 0 Å². The van der Waals surface area contributed by atoms with Crippen molar-refractivity contribution in [3.05, 3.63) is 105 Å². The largest absolute Gasteiger partial charge is 0.355 e. The summed E-state index contributed by atoms with van der Waals surface area (Å²) in [6.45, 7) is 2.42. The third-order valence-electron chi connectivity index (χ3n) is 5.42. The van der Waals surface area contributed by atoms with Gasteiger partial charge in [-0.15, -0.1) is 11.8 Å². The van der Waals surface area contributed by atoms with E-state index in [9.17, 15) is 14.0 Å². The molecule has 184 valence electrons. The number of amides is 2. The molecule has 1 atom stereocenters. The van der Waals surface area contributed by atoms with E-state index in [2.05, 4.69) is 5.32 Å². The number of nitrogens with zero attached hydrogens (tertiary/aromatic N) is 1. The first kappa shape index (κ1) is 27.1. The van der Waals surface area contributed by atoms with E-state index in [0.717, 1.165) is 5.56 Å². The van der Waals surface area contributed by atoms with Gasteiger partial charge in [0.2, 0.25) is 11.8 Å². The predicted molar refractivity (Wildman–Crippen MR) is 142 cm³/mol. The summed E-state index contributed by atoms with van der Waals surface area (Å²) in [6, 6.07) is 20.4. The summed E-state index contributed by atoms with van der Waals surface area (Å²) in [5.74, 6) is -0.345. The van der Waals surface area contributed by atoms with Crippen LogP contribution in [0, 0.1) is 5.82 Å². The molecule has 3 aromatic carbocycles. The van der Waals surface area contributed by atoms with Gasteiger partial charge in [0.05, 0.1) is 5.75 Å². The van der Waals surface area contributed by atoms with Crippen molar-refractivity contribution in [2.75, 3.05) is 12.3 Å². The monoisotopic (exact) mass is 532 g/mol. The van der Waals surface area contributed by atoms with Gasteiger partial charge in [0.1, 0.15) is 11.9 Å². The molecule has 0 heterocycles. The first-order valence-electron chi connectivity index (χ1n) is 11.2. The molecule has 0 aliphatic rings. The summed E-state index contributed by atoms with van der Waals surface area (Å²) in [7, 11) is 0. The fourth-order valence-corrected chi connectivity index (χ4v) is 4.99. The number of rotatable bonds is 11. The Hall–Kier alpha value is -2.54. The number of benzene rings is 3. The van der Waals surface area contributed by atoms with Crippen LogP contribution in [0.15, 0.2) is 72.8 Å². The summed E-state index contributed by atoms with van der Waals surface area (Å²) >= 11 is 13.8. The molecule has 0 aliphatic heterocycles. The Balaban J connectivity index is 1.86. The summed E-state index contributed by atoms with van der Waals surface area (Å²) in [4.78, 5) is 28.2. The van der Waals surface area contributed by atoms with Crippen LogP contribution in [0.5, 0.6) is 0 Å². The van der Waals surface area contributed by atoms with E-state index in [1.807, 2.05) is 37.3 Å². The van der Waals surface area contributed by atoms with Crippen molar-refractivity contribution in [3.63, 3.8) is 0 Å². The van der Waals surface area contributed by atoms with E-state index < -0.39 is 6.04 Å². The van der Waals surface area contributed by atoms with Crippen molar-refractivity contribution in [3.8, 4) is 0 Å². The van der Waals surface area contributed by atoms with E-state index in [1.54, 1.807) is 41.3 Å². The second-order valence-corrected chi connectivity index (χ2v) is 9.77. The van der Waals surface area contributed by atoms with Gasteiger partial charge in [-0.05, 0) is 41.8 Å². The highest BCUT2D eigenvalue weighted by Gasteiger charge is 2.30. The number of halogens is 3. The Morgan fingerprint density at radius 1 is 1.00 bits per heavy atom. The van der Waals surface area contributed by atoms with E-state index in [1.165, 1.54) is 17.8 Å². The van der Waals surface area contributed by atoms with Crippen LogP contribution in [0.25, 0.3) is 0 Å². The highest BCUT2D eigenvalue weighted by Crippen LogP contribution is 2.25. The maximum Gasteiger partial charge on any atom is 0.243 e. The number of hydrogen-bond donors (Lipinski definition) is 1. The van der Waals surface area contributed by atoms with Gasteiger partial charge in [0, 0.05) is 35.3 Å². The molecule has 0 saturated carbocycles. The summed E-state index contributed by atoms with van der Waals surface area (Å²) in [6.07, 6.45) is 0.349. The van der Waals surface area contributed by atoms with Crippen LogP contribution in [0.4, 0.5) is 4.39 Å². The maximum atomic E-state index is 14.0. The molecule has 0 fully saturated rings. The van der Waals surface area contributed by atoms with E-state index >= 15 is 0 Å². The zero-order chi connectivity index (χ0) is 25.2. The van der Waals surface area contributed by atoms with Crippen molar-refractivity contribution in [2.45, 2.75) is 31.7 Å². The van der Waals surface area contributed by atoms with Gasteiger partial charge < -0.3 is 10.2 Å². The first-order chi connectivity index (χ1) is 16.9. The molecule has 1 N–H and O–H groups in total. The molecule has 0 radical (unpaired) electrons. The first-order valence-corrected chi connectivity index (χ1v) is 13.2. The van der Waals surface area contributed by atoms with Crippen LogP contribution in [-0.2, 0) is 28.3 Å². The van der Waals surface area contributed by atoms with Gasteiger partial charge in [0.15, 0.2) is 0 Å². The van der Waals surface area contributed by atoms with E-state index in [4.69, 9.17) is 23.2 Å². The van der Waals surface area contributed by atoms with Crippen molar-refractivity contribution in [1.29, 1.82) is 0 Å². The highest BCUT2D eigenvalue weighted by molar-refractivity contribution is 7.99. The molecule has 3 aromatic rings. The van der Waals surface area contributed by atoms with Crippen molar-refractivity contribution >= 4 is 46.8 Å². The second kappa shape index (κ2) is 13.5. The fraction of sp³-hybridized carbons (Fsp3) is 0.259. The molecule has 0 unspecified atom stereocenters. The average Bonchev–Trinajstić information content (AvgIpc) is 2.84. The molecular formula is C27H27Cl2FN2O2S. The van der Waals surface area contributed by atoms with E-state index in [-0.39, 0.29) is 29.9 Å². The molecule has 0 saturated heterocycles. The Morgan fingerprint density at radius 2 is 1.71 bits per heavy atom. The molecule has 8 heteroatoms. The molecule has 0 aromatic heterocycles. The lowest BCUT2D eigenvalue weighted by Gasteiger charge is -2.31. The molecule has 4 nitrogen and oxygen atoms in total. The van der Waals surface area contributed by atoms with Crippen molar-refractivity contribution < 1.29 is 14.0 Å². The van der Waals surface area contributed by atoms with Gasteiger partial charge in [-0.25, -0.2) is 4.39 Å². The minimum Gasteiger partial charge on any atom is -0.355 e. The maximum absolute atomic E-state index is 14.0. The number of carbonyl (C=O) groups is 2. The topological polar surface area (TPSA) is 49.4 Å². The molecule has 3 rings (SSSR count). The number of likely N-dealkylation sites (N-methyl/N-ethyl adjacent to an activating group) is 1. The minimum absolute atomic E-state index is 0.0875. The normalized spacial score (nSPS) is 11.7. The lowest BCUT2D eigenvalue weighted by atomic mass is 10.0. The molecular weight excluding hydrogens is 506 g/mol. The SMILES string of the molecule is CCNC(=O)[C@H](Cc1ccccc1)N(Cc1ccc(Cl)cc1Cl)C(=O)CSCc1ccccc1F. The quantitative estimate of drug-likeness (QED) is 0.322. The molecule has 0 aliphatic carbocycles. The van der Waals surface area contributed by atoms with Gasteiger partial charge >= 0.3 is 0 Å². The zero-order valence-electron chi connectivity index (χ0n) is 19.3. The zero-order valence-corrected chi connectivity index (χ0v) is 21.7. The van der Waals surface area contributed by atoms with Gasteiger partial charge in [-0.1, -0.05) is 77.8 Å². The van der Waals surface area contributed by atoms with Crippen LogP contribution < -0.4 is 5.32 Å². The van der Waals surface area contributed by atoms with Crippen LogP contribution >= 0.6 is 35.0 Å². The van der Waals surface area contributed by atoms with Crippen LogP contribution in [0.3, 0.4) is 0 Å². The number of nitrogens with one attached hydrogen (secondary N) is 1. The van der Waals surface area contributed by atoms with E-state index in [0.29, 0.717) is 39.9 Å². The standard InChI is InChI=1S/C27H27Cl2FN2O2S/c1-2-31-27(34)25(14-19-8-4-3-5-9-19)32(16-20-12-13-22(28)15-23(20)29)26(33)18-35-17-21-10-6-7-11-24(21)30/h3-13,15,25H,2,14,16-18H2,1H3,(H,31,34)/t25-/m0/s1. The lowest BCUT2D eigenvalue weighted by molar-refractivity contribution is -0.139. The average molecular weight is 533 g/mol. The Morgan fingerprint density at radius 3 is 2.40 bits per heavy atom.